The zero-order chi connectivity index (χ0) is 16.4. The smallest absolute Gasteiger partial charge is 0.398 e. The van der Waals surface area contributed by atoms with Crippen molar-refractivity contribution in [3.05, 3.63) is 29.3 Å². The molecule has 3 nitrogen and oxygen atoms in total. The van der Waals surface area contributed by atoms with E-state index in [-0.39, 0.29) is 22.6 Å². The van der Waals surface area contributed by atoms with E-state index in [9.17, 15) is 18.0 Å². The molecule has 0 aliphatic rings. The van der Waals surface area contributed by atoms with Gasteiger partial charge in [-0.25, -0.2) is 0 Å². The molecule has 1 unspecified atom stereocenters. The molecule has 3 N–H and O–H groups in total. The van der Waals surface area contributed by atoms with Crippen LogP contribution >= 0.6 is 0 Å². The van der Waals surface area contributed by atoms with Crippen LogP contribution in [0.15, 0.2) is 18.2 Å². The second-order valence-corrected chi connectivity index (χ2v) is 6.28. The number of benzene rings is 1. The second-order valence-electron chi connectivity index (χ2n) is 6.28. The Morgan fingerprint density at radius 1 is 1.29 bits per heavy atom. The van der Waals surface area contributed by atoms with Crippen LogP contribution in [0.2, 0.25) is 0 Å². The molecule has 0 fully saturated rings. The molecule has 1 aromatic carbocycles. The highest BCUT2D eigenvalue weighted by Gasteiger charge is 2.33. The summed E-state index contributed by atoms with van der Waals surface area (Å²) in [5.74, 6) is -0.339. The van der Waals surface area contributed by atoms with Gasteiger partial charge in [0.15, 0.2) is 0 Å². The molecular formula is C15H21F3N2O. The Labute approximate surface area is 122 Å². The van der Waals surface area contributed by atoms with Crippen LogP contribution in [-0.4, -0.2) is 12.5 Å². The predicted molar refractivity (Wildman–Crippen MR) is 76.8 cm³/mol. The molecule has 0 aliphatic carbocycles. The van der Waals surface area contributed by atoms with Crippen LogP contribution in [0.3, 0.4) is 0 Å². The summed E-state index contributed by atoms with van der Waals surface area (Å²) in [7, 11) is 0. The van der Waals surface area contributed by atoms with Crippen molar-refractivity contribution in [1.29, 1.82) is 0 Å². The van der Waals surface area contributed by atoms with Crippen LogP contribution in [0.1, 0.15) is 43.6 Å². The maximum atomic E-state index is 12.8. The molecule has 0 saturated heterocycles. The molecule has 0 saturated carbocycles. The Kier molecular flexibility index (Phi) is 4.91. The molecule has 0 aliphatic heterocycles. The summed E-state index contributed by atoms with van der Waals surface area (Å²) in [6.07, 6.45) is -4.57. The van der Waals surface area contributed by atoms with Crippen molar-refractivity contribution in [2.75, 3.05) is 12.3 Å². The van der Waals surface area contributed by atoms with Gasteiger partial charge in [-0.3, -0.25) is 4.79 Å². The molecule has 118 valence electrons. The number of hydrogen-bond donors (Lipinski definition) is 2. The van der Waals surface area contributed by atoms with Crippen molar-refractivity contribution < 1.29 is 18.0 Å². The first-order chi connectivity index (χ1) is 9.43. The molecule has 0 aromatic heterocycles. The summed E-state index contributed by atoms with van der Waals surface area (Å²) >= 11 is 0. The lowest BCUT2D eigenvalue weighted by Gasteiger charge is -2.27. The SMILES string of the molecule is CC(CNC(=O)c1ccc(N)c(C(F)(F)F)c1)C(C)(C)C. The molecular weight excluding hydrogens is 281 g/mol. The highest BCUT2D eigenvalue weighted by atomic mass is 19.4. The van der Waals surface area contributed by atoms with E-state index in [0.717, 1.165) is 12.1 Å². The number of halogens is 3. The van der Waals surface area contributed by atoms with E-state index >= 15 is 0 Å². The molecule has 0 heterocycles. The first-order valence-electron chi connectivity index (χ1n) is 6.68. The number of alkyl halides is 3. The molecule has 0 spiro atoms. The van der Waals surface area contributed by atoms with Crippen LogP contribution in [-0.2, 0) is 6.18 Å². The van der Waals surface area contributed by atoms with E-state index in [0.29, 0.717) is 6.54 Å². The zero-order valence-corrected chi connectivity index (χ0v) is 12.6. The lowest BCUT2D eigenvalue weighted by atomic mass is 9.82. The molecule has 0 bridgehead atoms. The topological polar surface area (TPSA) is 55.1 Å². The Morgan fingerprint density at radius 2 is 1.86 bits per heavy atom. The number of hydrogen-bond acceptors (Lipinski definition) is 2. The van der Waals surface area contributed by atoms with E-state index in [1.165, 1.54) is 6.07 Å². The Bertz CT molecular complexity index is 519. The van der Waals surface area contributed by atoms with Gasteiger partial charge in [0.05, 0.1) is 5.56 Å². The highest BCUT2D eigenvalue weighted by molar-refractivity contribution is 5.94. The number of amides is 1. The van der Waals surface area contributed by atoms with Crippen LogP contribution in [0, 0.1) is 11.3 Å². The predicted octanol–water partition coefficient (Wildman–Crippen LogP) is 3.70. The van der Waals surface area contributed by atoms with Crippen LogP contribution in [0.25, 0.3) is 0 Å². The summed E-state index contributed by atoms with van der Waals surface area (Å²) in [6.45, 7) is 8.48. The van der Waals surface area contributed by atoms with E-state index in [1.54, 1.807) is 0 Å². The molecule has 0 radical (unpaired) electrons. The van der Waals surface area contributed by atoms with Crippen LogP contribution < -0.4 is 11.1 Å². The Morgan fingerprint density at radius 3 is 2.33 bits per heavy atom. The summed E-state index contributed by atoms with van der Waals surface area (Å²) in [5.41, 5.74) is 3.89. The van der Waals surface area contributed by atoms with Crippen molar-refractivity contribution in [1.82, 2.24) is 5.32 Å². The van der Waals surface area contributed by atoms with Crippen molar-refractivity contribution >= 4 is 11.6 Å². The van der Waals surface area contributed by atoms with Gasteiger partial charge in [0.2, 0.25) is 0 Å². The van der Waals surface area contributed by atoms with Crippen LogP contribution in [0.5, 0.6) is 0 Å². The number of nitrogens with one attached hydrogen (secondary N) is 1. The summed E-state index contributed by atoms with van der Waals surface area (Å²) < 4.78 is 38.3. The van der Waals surface area contributed by atoms with Crippen LogP contribution in [0.4, 0.5) is 18.9 Å². The monoisotopic (exact) mass is 302 g/mol. The lowest BCUT2D eigenvalue weighted by Crippen LogP contribution is -2.33. The maximum Gasteiger partial charge on any atom is 0.418 e. The Hall–Kier alpha value is -1.72. The van der Waals surface area contributed by atoms with Gasteiger partial charge in [-0.1, -0.05) is 27.7 Å². The van der Waals surface area contributed by atoms with Crippen molar-refractivity contribution in [2.45, 2.75) is 33.9 Å². The minimum atomic E-state index is -4.57. The summed E-state index contributed by atoms with van der Waals surface area (Å²) in [5, 5.41) is 2.66. The number of rotatable bonds is 3. The van der Waals surface area contributed by atoms with Gasteiger partial charge in [-0.05, 0) is 29.5 Å². The van der Waals surface area contributed by atoms with Crippen molar-refractivity contribution in [3.8, 4) is 0 Å². The number of nitrogen functional groups attached to an aromatic ring is 1. The summed E-state index contributed by atoms with van der Waals surface area (Å²) in [6, 6.07) is 3.18. The number of carbonyl (C=O) groups is 1. The summed E-state index contributed by atoms with van der Waals surface area (Å²) in [4.78, 5) is 11.9. The fourth-order valence-corrected chi connectivity index (χ4v) is 1.60. The quantitative estimate of drug-likeness (QED) is 0.836. The van der Waals surface area contributed by atoms with E-state index in [2.05, 4.69) is 5.32 Å². The molecule has 1 atom stereocenters. The zero-order valence-electron chi connectivity index (χ0n) is 12.6. The number of nitrogens with two attached hydrogens (primary N) is 1. The highest BCUT2D eigenvalue weighted by Crippen LogP contribution is 2.34. The van der Waals surface area contributed by atoms with Gasteiger partial charge in [-0.15, -0.1) is 0 Å². The second kappa shape index (κ2) is 5.95. The van der Waals surface area contributed by atoms with Gasteiger partial charge in [0.1, 0.15) is 0 Å². The normalized spacial score (nSPS) is 13.9. The van der Waals surface area contributed by atoms with E-state index in [4.69, 9.17) is 5.73 Å². The van der Waals surface area contributed by atoms with Gasteiger partial charge >= 0.3 is 6.18 Å². The standard InChI is InChI=1S/C15H21F3N2O/c1-9(14(2,3)4)8-20-13(21)10-5-6-12(19)11(7-10)15(16,17)18/h5-7,9H,8,19H2,1-4H3,(H,20,21). The molecule has 1 aromatic rings. The third-order valence-corrected chi connectivity index (χ3v) is 3.67. The minimum Gasteiger partial charge on any atom is -0.398 e. The van der Waals surface area contributed by atoms with Gasteiger partial charge < -0.3 is 11.1 Å². The molecule has 21 heavy (non-hydrogen) atoms. The molecule has 6 heteroatoms. The fourth-order valence-electron chi connectivity index (χ4n) is 1.60. The average molecular weight is 302 g/mol. The number of anilines is 1. The lowest BCUT2D eigenvalue weighted by molar-refractivity contribution is -0.136. The van der Waals surface area contributed by atoms with E-state index in [1.807, 2.05) is 27.7 Å². The third-order valence-electron chi connectivity index (χ3n) is 3.67. The fraction of sp³-hybridized carbons (Fsp3) is 0.533. The van der Waals surface area contributed by atoms with Gasteiger partial charge in [-0.2, -0.15) is 13.2 Å². The van der Waals surface area contributed by atoms with Crippen molar-refractivity contribution in [2.24, 2.45) is 11.3 Å². The first-order valence-corrected chi connectivity index (χ1v) is 6.68. The van der Waals surface area contributed by atoms with E-state index < -0.39 is 17.6 Å². The molecule has 1 amide bonds. The van der Waals surface area contributed by atoms with Gasteiger partial charge in [0.25, 0.3) is 5.91 Å². The first kappa shape index (κ1) is 17.3. The largest absolute Gasteiger partial charge is 0.418 e. The minimum absolute atomic E-state index is 0.00548. The maximum absolute atomic E-state index is 12.8. The Balaban J connectivity index is 2.85. The number of carbonyl (C=O) groups excluding carboxylic acids is 1. The third kappa shape index (κ3) is 4.65. The average Bonchev–Trinajstić information content (AvgIpc) is 2.33. The van der Waals surface area contributed by atoms with Crippen molar-refractivity contribution in [3.63, 3.8) is 0 Å². The van der Waals surface area contributed by atoms with Gasteiger partial charge in [0, 0.05) is 17.8 Å². The molecule has 1 rings (SSSR count).